The number of phenols is 1. The van der Waals surface area contributed by atoms with E-state index in [0.29, 0.717) is 17.9 Å². The molecule has 172 valence electrons. The van der Waals surface area contributed by atoms with Gasteiger partial charge in [-0.2, -0.15) is 5.26 Å². The number of hydrogen-bond donors (Lipinski definition) is 2. The molecule has 0 atom stereocenters. The number of carbonyl (C=O) groups is 1. The molecular weight excluding hydrogens is 664 g/mol. The van der Waals surface area contributed by atoms with Crippen molar-refractivity contribution in [1.29, 1.82) is 5.26 Å². The van der Waals surface area contributed by atoms with Crippen LogP contribution in [0.25, 0.3) is 6.08 Å². The first kappa shape index (κ1) is 25.4. The number of benzene rings is 3. The van der Waals surface area contributed by atoms with E-state index in [1.54, 1.807) is 12.1 Å². The number of rotatable bonds is 7. The van der Waals surface area contributed by atoms with E-state index in [-0.39, 0.29) is 16.9 Å². The quantitative estimate of drug-likeness (QED) is 0.0795. The molecule has 8 nitrogen and oxygen atoms in total. The number of nitro benzene ring substituents is 1. The van der Waals surface area contributed by atoms with E-state index in [4.69, 9.17) is 4.74 Å². The number of phenolic OH excluding ortho intramolecular Hbond substituents is 1. The minimum atomic E-state index is -0.753. The van der Waals surface area contributed by atoms with Crippen LogP contribution in [0.2, 0.25) is 0 Å². The van der Waals surface area contributed by atoms with Crippen molar-refractivity contribution in [3.8, 4) is 17.6 Å². The van der Waals surface area contributed by atoms with Crippen molar-refractivity contribution in [2.75, 3.05) is 5.32 Å². The third-order valence-electron chi connectivity index (χ3n) is 4.64. The lowest BCUT2D eigenvalue weighted by molar-refractivity contribution is -0.384. The van der Waals surface area contributed by atoms with E-state index in [1.807, 2.05) is 37.3 Å². The molecule has 0 aliphatic carbocycles. The van der Waals surface area contributed by atoms with Gasteiger partial charge in [-0.1, -0.05) is 29.8 Å². The minimum Gasteiger partial charge on any atom is -0.506 e. The molecule has 0 saturated carbocycles. The van der Waals surface area contributed by atoms with Crippen molar-refractivity contribution in [2.24, 2.45) is 0 Å². The Hall–Kier alpha value is -3.18. The van der Waals surface area contributed by atoms with Crippen LogP contribution in [0.4, 0.5) is 11.4 Å². The van der Waals surface area contributed by atoms with Crippen LogP contribution < -0.4 is 10.1 Å². The van der Waals surface area contributed by atoms with Gasteiger partial charge in [0.1, 0.15) is 29.7 Å². The Balaban J connectivity index is 1.77. The molecule has 1 amide bonds. The van der Waals surface area contributed by atoms with E-state index in [2.05, 4.69) is 50.5 Å². The fraction of sp³-hybridized carbons (Fsp3) is 0.0833. The number of halogens is 2. The third-order valence-corrected chi connectivity index (χ3v) is 6.24. The Bertz CT molecular complexity index is 1310. The molecule has 0 fully saturated rings. The van der Waals surface area contributed by atoms with Gasteiger partial charge in [-0.3, -0.25) is 14.9 Å². The highest BCUT2D eigenvalue weighted by atomic mass is 127. The molecular formula is C24H17I2N3O5. The van der Waals surface area contributed by atoms with Crippen molar-refractivity contribution in [3.63, 3.8) is 0 Å². The van der Waals surface area contributed by atoms with E-state index < -0.39 is 16.6 Å². The molecule has 0 aliphatic rings. The molecule has 34 heavy (non-hydrogen) atoms. The molecule has 0 saturated heterocycles. The van der Waals surface area contributed by atoms with Crippen LogP contribution in [0, 0.1) is 35.5 Å². The number of aryl methyl sites for hydroxylation is 1. The van der Waals surface area contributed by atoms with E-state index >= 15 is 0 Å². The van der Waals surface area contributed by atoms with Gasteiger partial charge in [-0.15, -0.1) is 0 Å². The van der Waals surface area contributed by atoms with Crippen molar-refractivity contribution in [2.45, 2.75) is 13.5 Å². The highest BCUT2D eigenvalue weighted by Crippen LogP contribution is 2.31. The van der Waals surface area contributed by atoms with E-state index in [1.165, 1.54) is 17.7 Å². The smallest absolute Gasteiger partial charge is 0.273 e. The summed E-state index contributed by atoms with van der Waals surface area (Å²) in [5, 5.41) is 32.6. The zero-order valence-electron chi connectivity index (χ0n) is 17.7. The van der Waals surface area contributed by atoms with Gasteiger partial charge in [0.15, 0.2) is 0 Å². The van der Waals surface area contributed by atoms with Crippen molar-refractivity contribution in [1.82, 2.24) is 0 Å². The molecule has 0 heterocycles. The summed E-state index contributed by atoms with van der Waals surface area (Å²) in [4.78, 5) is 22.7. The zero-order chi connectivity index (χ0) is 24.8. The number of anilines is 1. The Morgan fingerprint density at radius 2 is 1.82 bits per heavy atom. The Kier molecular flexibility index (Phi) is 8.46. The highest BCUT2D eigenvalue weighted by Gasteiger charge is 2.16. The maximum atomic E-state index is 12.6. The highest BCUT2D eigenvalue weighted by molar-refractivity contribution is 14.1. The normalized spacial score (nSPS) is 10.9. The topological polar surface area (TPSA) is 125 Å². The number of amides is 1. The maximum absolute atomic E-state index is 12.6. The predicted molar refractivity (Wildman–Crippen MR) is 144 cm³/mol. The van der Waals surface area contributed by atoms with Gasteiger partial charge in [0, 0.05) is 6.07 Å². The first-order chi connectivity index (χ1) is 16.2. The molecule has 3 aromatic carbocycles. The lowest BCUT2D eigenvalue weighted by Gasteiger charge is -2.12. The number of nitrogens with one attached hydrogen (secondary N) is 1. The number of non-ortho nitro benzene ring substituents is 1. The largest absolute Gasteiger partial charge is 0.506 e. The van der Waals surface area contributed by atoms with Crippen molar-refractivity contribution < 1.29 is 19.6 Å². The number of aromatic hydroxyl groups is 1. The zero-order valence-corrected chi connectivity index (χ0v) is 22.0. The Morgan fingerprint density at radius 1 is 1.18 bits per heavy atom. The third kappa shape index (κ3) is 6.45. The SMILES string of the molecule is Cc1ccc(COc2c(I)cc(/C=C(/C#N)C(=O)Nc3ccc([N+](=O)[O-])cc3O)cc2I)cc1. The number of hydrogen-bond acceptors (Lipinski definition) is 6. The maximum Gasteiger partial charge on any atom is 0.273 e. The van der Waals surface area contributed by atoms with Gasteiger partial charge < -0.3 is 15.2 Å². The van der Waals surface area contributed by atoms with Crippen LogP contribution in [0.5, 0.6) is 11.5 Å². The number of nitriles is 1. The summed E-state index contributed by atoms with van der Waals surface area (Å²) in [6, 6.07) is 16.8. The number of nitro groups is 1. The van der Waals surface area contributed by atoms with Crippen molar-refractivity contribution >= 4 is 68.5 Å². The second kappa shape index (κ2) is 11.3. The van der Waals surface area contributed by atoms with E-state index in [0.717, 1.165) is 24.8 Å². The Labute approximate surface area is 222 Å². The lowest BCUT2D eigenvalue weighted by atomic mass is 10.1. The predicted octanol–water partition coefficient (Wildman–Crippen LogP) is 5.94. The van der Waals surface area contributed by atoms with Crippen LogP contribution in [-0.4, -0.2) is 15.9 Å². The molecule has 3 rings (SSSR count). The molecule has 0 radical (unpaired) electrons. The first-order valence-electron chi connectivity index (χ1n) is 9.76. The van der Waals surface area contributed by atoms with Crippen LogP contribution in [-0.2, 0) is 11.4 Å². The second-order valence-electron chi connectivity index (χ2n) is 7.17. The summed E-state index contributed by atoms with van der Waals surface area (Å²) in [6.45, 7) is 2.43. The molecule has 0 aliphatic heterocycles. The standard InChI is InChI=1S/C24H17I2N3O5/c1-14-2-4-15(5-3-14)13-34-23-19(25)9-16(10-20(23)26)8-17(12-27)24(31)28-21-7-6-18(29(32)33)11-22(21)30/h2-11,30H,13H2,1H3,(H,28,31)/b17-8-. The number of ether oxygens (including phenoxy) is 1. The molecule has 2 N–H and O–H groups in total. The molecule has 3 aromatic rings. The lowest BCUT2D eigenvalue weighted by Crippen LogP contribution is -2.13. The number of carbonyl (C=O) groups excluding carboxylic acids is 1. The number of nitrogens with zero attached hydrogens (tertiary/aromatic N) is 2. The summed E-state index contributed by atoms with van der Waals surface area (Å²) >= 11 is 4.27. The van der Waals surface area contributed by atoms with Gasteiger partial charge in [0.05, 0.1) is 23.8 Å². The fourth-order valence-electron chi connectivity index (χ4n) is 2.88. The molecule has 0 unspecified atom stereocenters. The average molecular weight is 681 g/mol. The summed E-state index contributed by atoms with van der Waals surface area (Å²) in [6.07, 6.45) is 1.42. The van der Waals surface area contributed by atoms with Crippen LogP contribution in [0.1, 0.15) is 16.7 Å². The van der Waals surface area contributed by atoms with Gasteiger partial charge in [-0.05, 0) is 87.5 Å². The second-order valence-corrected chi connectivity index (χ2v) is 9.49. The summed E-state index contributed by atoms with van der Waals surface area (Å²) < 4.78 is 7.62. The van der Waals surface area contributed by atoms with Gasteiger partial charge in [-0.25, -0.2) is 0 Å². The van der Waals surface area contributed by atoms with Crippen LogP contribution in [0.3, 0.4) is 0 Å². The van der Waals surface area contributed by atoms with Crippen LogP contribution in [0.15, 0.2) is 60.2 Å². The average Bonchev–Trinajstić information content (AvgIpc) is 2.79. The van der Waals surface area contributed by atoms with Gasteiger partial charge in [0.2, 0.25) is 0 Å². The molecule has 0 spiro atoms. The Morgan fingerprint density at radius 3 is 2.38 bits per heavy atom. The molecule has 0 bridgehead atoms. The van der Waals surface area contributed by atoms with Gasteiger partial charge in [0.25, 0.3) is 11.6 Å². The molecule has 10 heteroatoms. The summed E-state index contributed by atoms with van der Waals surface area (Å²) in [5.74, 6) is -0.520. The summed E-state index contributed by atoms with van der Waals surface area (Å²) in [7, 11) is 0. The molecule has 0 aromatic heterocycles. The fourth-order valence-corrected chi connectivity index (χ4v) is 5.01. The van der Waals surface area contributed by atoms with E-state index in [9.17, 15) is 25.3 Å². The first-order valence-corrected chi connectivity index (χ1v) is 11.9. The monoisotopic (exact) mass is 681 g/mol. The van der Waals surface area contributed by atoms with Crippen molar-refractivity contribution in [3.05, 3.63) is 94.1 Å². The van der Waals surface area contributed by atoms with Gasteiger partial charge >= 0.3 is 0 Å². The van der Waals surface area contributed by atoms with Crippen LogP contribution >= 0.6 is 45.2 Å². The summed E-state index contributed by atoms with van der Waals surface area (Å²) in [5.41, 5.74) is 2.28. The minimum absolute atomic E-state index is 0.0410.